The number of benzene rings is 1. The fraction of sp³-hybridized carbons (Fsp3) is 0.500. The van der Waals surface area contributed by atoms with Gasteiger partial charge in [-0.25, -0.2) is 0 Å². The van der Waals surface area contributed by atoms with E-state index in [2.05, 4.69) is 6.92 Å². The third-order valence-electron chi connectivity index (χ3n) is 2.76. The zero-order valence-corrected chi connectivity index (χ0v) is 12.2. The Labute approximate surface area is 119 Å². The monoisotopic (exact) mass is 287 g/mol. The molecule has 0 aromatic heterocycles. The molecule has 0 N–H and O–H groups in total. The van der Waals surface area contributed by atoms with Crippen LogP contribution in [-0.2, 0) is 11.2 Å². The first-order valence-electron chi connectivity index (χ1n) is 6.25. The fourth-order valence-electron chi connectivity index (χ4n) is 1.70. The van der Waals surface area contributed by atoms with E-state index in [0.717, 1.165) is 24.9 Å². The van der Waals surface area contributed by atoms with Gasteiger partial charge >= 0.3 is 0 Å². The van der Waals surface area contributed by atoms with Crippen LogP contribution < -0.4 is 0 Å². The Bertz CT molecular complexity index is 365. The van der Waals surface area contributed by atoms with Crippen molar-refractivity contribution < 1.29 is 4.79 Å². The number of hydrogen-bond acceptors (Lipinski definition) is 1. The predicted molar refractivity (Wildman–Crippen MR) is 77.4 cm³/mol. The van der Waals surface area contributed by atoms with Gasteiger partial charge in [-0.3, -0.25) is 4.79 Å². The first-order valence-corrected chi connectivity index (χ1v) is 7.16. The summed E-state index contributed by atoms with van der Waals surface area (Å²) >= 11 is 11.5. The van der Waals surface area contributed by atoms with Crippen molar-refractivity contribution in [1.29, 1.82) is 0 Å². The summed E-state index contributed by atoms with van der Waals surface area (Å²) in [7, 11) is 0. The molecule has 1 aromatic rings. The minimum atomic E-state index is 0.131. The van der Waals surface area contributed by atoms with Crippen LogP contribution in [0.15, 0.2) is 24.3 Å². The van der Waals surface area contributed by atoms with Crippen molar-refractivity contribution in [3.05, 3.63) is 34.9 Å². The molecule has 0 aliphatic rings. The highest BCUT2D eigenvalue weighted by molar-refractivity contribution is 6.30. The van der Waals surface area contributed by atoms with E-state index in [1.807, 2.05) is 29.2 Å². The third kappa shape index (κ3) is 5.28. The van der Waals surface area contributed by atoms with E-state index in [9.17, 15) is 4.79 Å². The Balaban J connectivity index is 2.57. The highest BCUT2D eigenvalue weighted by Gasteiger charge is 2.12. The van der Waals surface area contributed by atoms with Gasteiger partial charge in [0.05, 0.1) is 6.42 Å². The first-order chi connectivity index (χ1) is 8.67. The Morgan fingerprint density at radius 1 is 1.22 bits per heavy atom. The molecule has 0 bridgehead atoms. The average molecular weight is 288 g/mol. The largest absolute Gasteiger partial charge is 0.341 e. The number of amides is 1. The van der Waals surface area contributed by atoms with Gasteiger partial charge in [-0.05, 0) is 24.1 Å². The Hall–Kier alpha value is -0.730. The van der Waals surface area contributed by atoms with Crippen molar-refractivity contribution in [1.82, 2.24) is 4.90 Å². The molecule has 18 heavy (non-hydrogen) atoms. The molecule has 0 fully saturated rings. The minimum Gasteiger partial charge on any atom is -0.341 e. The van der Waals surface area contributed by atoms with E-state index in [1.54, 1.807) is 0 Å². The van der Waals surface area contributed by atoms with Crippen LogP contribution in [-0.4, -0.2) is 29.8 Å². The molecular weight excluding hydrogens is 269 g/mol. The van der Waals surface area contributed by atoms with Crippen LogP contribution in [0.2, 0.25) is 5.02 Å². The van der Waals surface area contributed by atoms with Crippen LogP contribution in [0.25, 0.3) is 0 Å². The molecule has 0 aliphatic carbocycles. The lowest BCUT2D eigenvalue weighted by Gasteiger charge is -2.21. The van der Waals surface area contributed by atoms with Crippen LogP contribution in [0.1, 0.15) is 25.3 Å². The van der Waals surface area contributed by atoms with Gasteiger partial charge < -0.3 is 4.90 Å². The minimum absolute atomic E-state index is 0.131. The van der Waals surface area contributed by atoms with Crippen LogP contribution in [0.5, 0.6) is 0 Å². The molecule has 1 rings (SSSR count). The lowest BCUT2D eigenvalue weighted by Crippen LogP contribution is -2.34. The molecule has 2 nitrogen and oxygen atoms in total. The number of carbonyl (C=O) groups excluding carboxylic acids is 1. The Kier molecular flexibility index (Phi) is 7.14. The molecule has 100 valence electrons. The Morgan fingerprint density at radius 3 is 2.44 bits per heavy atom. The molecule has 4 heteroatoms. The molecule has 0 aliphatic heterocycles. The average Bonchev–Trinajstić information content (AvgIpc) is 2.37. The zero-order chi connectivity index (χ0) is 13.4. The summed E-state index contributed by atoms with van der Waals surface area (Å²) in [5, 5.41) is 0.690. The predicted octanol–water partition coefficient (Wildman–Crippen LogP) is 3.75. The first kappa shape index (κ1) is 15.3. The summed E-state index contributed by atoms with van der Waals surface area (Å²) in [6.07, 6.45) is 2.51. The van der Waals surface area contributed by atoms with Crippen molar-refractivity contribution in [2.24, 2.45) is 0 Å². The molecule has 1 aromatic carbocycles. The highest BCUT2D eigenvalue weighted by Crippen LogP contribution is 2.11. The highest BCUT2D eigenvalue weighted by atomic mass is 35.5. The van der Waals surface area contributed by atoms with Crippen LogP contribution in [0, 0.1) is 0 Å². The molecule has 0 radical (unpaired) electrons. The van der Waals surface area contributed by atoms with Crippen molar-refractivity contribution in [2.75, 3.05) is 19.0 Å². The molecule has 0 spiro atoms. The van der Waals surface area contributed by atoms with Gasteiger partial charge in [-0.1, -0.05) is 37.1 Å². The van der Waals surface area contributed by atoms with E-state index in [4.69, 9.17) is 23.2 Å². The second-order valence-electron chi connectivity index (χ2n) is 4.23. The molecule has 0 heterocycles. The summed E-state index contributed by atoms with van der Waals surface area (Å²) in [5.74, 6) is 0.613. The lowest BCUT2D eigenvalue weighted by molar-refractivity contribution is -0.130. The van der Waals surface area contributed by atoms with Gasteiger partial charge in [0.1, 0.15) is 0 Å². The van der Waals surface area contributed by atoms with Crippen LogP contribution in [0.4, 0.5) is 0 Å². The van der Waals surface area contributed by atoms with Crippen molar-refractivity contribution in [2.45, 2.75) is 26.2 Å². The standard InChI is InChI=1S/C14H19Cl2NO/c1-2-3-9-17(10-8-15)14(18)11-12-4-6-13(16)7-5-12/h4-7H,2-3,8-11H2,1H3. The van der Waals surface area contributed by atoms with E-state index in [0.29, 0.717) is 23.9 Å². The number of halogens is 2. The maximum atomic E-state index is 12.1. The summed E-state index contributed by atoms with van der Waals surface area (Å²) in [6.45, 7) is 3.52. The normalized spacial score (nSPS) is 10.4. The lowest BCUT2D eigenvalue weighted by atomic mass is 10.1. The quantitative estimate of drug-likeness (QED) is 0.700. The van der Waals surface area contributed by atoms with Gasteiger partial charge in [0.15, 0.2) is 0 Å². The SMILES string of the molecule is CCCCN(CCCl)C(=O)Cc1ccc(Cl)cc1. The Morgan fingerprint density at radius 2 is 1.89 bits per heavy atom. The van der Waals surface area contributed by atoms with Gasteiger partial charge in [0.2, 0.25) is 5.91 Å². The van der Waals surface area contributed by atoms with Gasteiger partial charge in [-0.15, -0.1) is 11.6 Å². The maximum absolute atomic E-state index is 12.1. The summed E-state index contributed by atoms with van der Waals surface area (Å²) in [4.78, 5) is 14.0. The number of unbranched alkanes of at least 4 members (excludes halogenated alkanes) is 1. The molecule has 0 saturated carbocycles. The molecule has 0 atom stereocenters. The fourth-order valence-corrected chi connectivity index (χ4v) is 2.03. The summed E-state index contributed by atoms with van der Waals surface area (Å²) < 4.78 is 0. The smallest absolute Gasteiger partial charge is 0.227 e. The number of hydrogen-bond donors (Lipinski definition) is 0. The van der Waals surface area contributed by atoms with Crippen LogP contribution in [0.3, 0.4) is 0 Å². The van der Waals surface area contributed by atoms with Crippen LogP contribution >= 0.6 is 23.2 Å². The van der Waals surface area contributed by atoms with Gasteiger partial charge in [0.25, 0.3) is 0 Å². The molecule has 1 amide bonds. The van der Waals surface area contributed by atoms with E-state index < -0.39 is 0 Å². The van der Waals surface area contributed by atoms with Crippen molar-refractivity contribution >= 4 is 29.1 Å². The van der Waals surface area contributed by atoms with E-state index >= 15 is 0 Å². The maximum Gasteiger partial charge on any atom is 0.227 e. The third-order valence-corrected chi connectivity index (χ3v) is 3.18. The number of nitrogens with zero attached hydrogens (tertiary/aromatic N) is 1. The van der Waals surface area contributed by atoms with Gasteiger partial charge in [0, 0.05) is 24.0 Å². The second-order valence-corrected chi connectivity index (χ2v) is 5.04. The number of rotatable bonds is 7. The van der Waals surface area contributed by atoms with Gasteiger partial charge in [-0.2, -0.15) is 0 Å². The summed E-state index contributed by atoms with van der Waals surface area (Å²) in [5.41, 5.74) is 0.987. The van der Waals surface area contributed by atoms with E-state index in [-0.39, 0.29) is 5.91 Å². The van der Waals surface area contributed by atoms with E-state index in [1.165, 1.54) is 0 Å². The number of alkyl halides is 1. The molecule has 0 unspecified atom stereocenters. The topological polar surface area (TPSA) is 20.3 Å². The summed E-state index contributed by atoms with van der Waals surface area (Å²) in [6, 6.07) is 7.39. The molecular formula is C14H19Cl2NO. The molecule has 0 saturated heterocycles. The van der Waals surface area contributed by atoms with Crippen molar-refractivity contribution in [3.63, 3.8) is 0 Å². The second kappa shape index (κ2) is 8.39. The zero-order valence-electron chi connectivity index (χ0n) is 10.7. The van der Waals surface area contributed by atoms with Crippen molar-refractivity contribution in [3.8, 4) is 0 Å². The number of carbonyl (C=O) groups is 1.